The van der Waals surface area contributed by atoms with Crippen LogP contribution < -0.4 is 15.4 Å². The van der Waals surface area contributed by atoms with Gasteiger partial charge in [-0.2, -0.15) is 0 Å². The van der Waals surface area contributed by atoms with Crippen molar-refractivity contribution in [3.63, 3.8) is 0 Å². The van der Waals surface area contributed by atoms with Gasteiger partial charge < -0.3 is 25.2 Å². The molecule has 1 heterocycles. The molecule has 1 aromatic rings. The normalized spacial score (nSPS) is 17.6. The van der Waals surface area contributed by atoms with Crippen LogP contribution >= 0.6 is 0 Å². The van der Waals surface area contributed by atoms with E-state index in [0.717, 1.165) is 49.9 Å². The smallest absolute Gasteiger partial charge is 0.191 e. The van der Waals surface area contributed by atoms with E-state index in [0.29, 0.717) is 12.5 Å². The lowest BCUT2D eigenvalue weighted by molar-refractivity contribution is 0.191. The van der Waals surface area contributed by atoms with E-state index in [1.165, 1.54) is 25.1 Å². The summed E-state index contributed by atoms with van der Waals surface area (Å²) in [5.41, 5.74) is 2.38. The maximum absolute atomic E-state index is 6.27. The molecule has 1 saturated heterocycles. The molecule has 0 spiro atoms. The van der Waals surface area contributed by atoms with Gasteiger partial charge in [0, 0.05) is 45.3 Å². The number of benzene rings is 1. The fraction of sp³-hybridized carbons (Fsp3) is 0.708. The maximum atomic E-state index is 6.27. The number of hydrogen-bond acceptors (Lipinski definition) is 4. The van der Waals surface area contributed by atoms with Gasteiger partial charge in [0.15, 0.2) is 5.96 Å². The van der Waals surface area contributed by atoms with E-state index in [2.05, 4.69) is 78.4 Å². The minimum absolute atomic E-state index is 0.204. The van der Waals surface area contributed by atoms with Crippen molar-refractivity contribution in [3.8, 4) is 5.75 Å². The summed E-state index contributed by atoms with van der Waals surface area (Å²) in [4.78, 5) is 9.34. The van der Waals surface area contributed by atoms with Crippen LogP contribution in [0.25, 0.3) is 0 Å². The number of guanidine groups is 1. The zero-order chi connectivity index (χ0) is 21.9. The Morgan fingerprint density at radius 1 is 1.13 bits per heavy atom. The molecule has 6 heteroatoms. The second-order valence-corrected chi connectivity index (χ2v) is 9.02. The molecule has 1 atom stereocenters. The summed E-state index contributed by atoms with van der Waals surface area (Å²) in [7, 11) is 4.04. The molecule has 0 saturated carbocycles. The van der Waals surface area contributed by atoms with Gasteiger partial charge in [0.2, 0.25) is 0 Å². The Bertz CT molecular complexity index is 661. The quantitative estimate of drug-likeness (QED) is 0.478. The number of aliphatic imine (C=N–C) groups is 1. The highest BCUT2D eigenvalue weighted by Gasteiger charge is 2.13. The molecule has 30 heavy (non-hydrogen) atoms. The molecule has 0 amide bonds. The Balaban J connectivity index is 1.84. The van der Waals surface area contributed by atoms with Gasteiger partial charge in [-0.15, -0.1) is 0 Å². The Hall–Kier alpha value is -1.79. The van der Waals surface area contributed by atoms with Crippen molar-refractivity contribution in [3.05, 3.63) is 29.3 Å². The van der Waals surface area contributed by atoms with E-state index in [1.54, 1.807) is 0 Å². The Kier molecular flexibility index (Phi) is 10.4. The van der Waals surface area contributed by atoms with Crippen LogP contribution in [0.3, 0.4) is 0 Å². The van der Waals surface area contributed by atoms with Gasteiger partial charge in [-0.1, -0.05) is 26.0 Å². The lowest BCUT2D eigenvalue weighted by atomic mass is 10.1. The first kappa shape index (κ1) is 24.5. The van der Waals surface area contributed by atoms with Crippen LogP contribution in [0.2, 0.25) is 0 Å². The van der Waals surface area contributed by atoms with Crippen molar-refractivity contribution in [2.24, 2.45) is 10.9 Å². The second kappa shape index (κ2) is 12.8. The summed E-state index contributed by atoms with van der Waals surface area (Å²) in [6, 6.07) is 6.44. The van der Waals surface area contributed by atoms with E-state index in [-0.39, 0.29) is 6.10 Å². The minimum atomic E-state index is 0.204. The Morgan fingerprint density at radius 3 is 2.67 bits per heavy atom. The zero-order valence-corrected chi connectivity index (χ0v) is 20.0. The van der Waals surface area contributed by atoms with Crippen molar-refractivity contribution in [2.75, 3.05) is 53.4 Å². The molecule has 0 aliphatic carbocycles. The highest BCUT2D eigenvalue weighted by molar-refractivity contribution is 5.79. The highest BCUT2D eigenvalue weighted by atomic mass is 16.5. The van der Waals surface area contributed by atoms with Crippen molar-refractivity contribution in [1.29, 1.82) is 0 Å². The first-order chi connectivity index (χ1) is 14.4. The zero-order valence-electron chi connectivity index (χ0n) is 20.0. The monoisotopic (exact) mass is 417 g/mol. The largest absolute Gasteiger partial charge is 0.490 e. The Labute approximate surface area is 184 Å². The number of likely N-dealkylation sites (N-methyl/N-ethyl adjacent to an activating group) is 1. The van der Waals surface area contributed by atoms with Crippen molar-refractivity contribution < 1.29 is 4.74 Å². The maximum Gasteiger partial charge on any atom is 0.191 e. The average molecular weight is 418 g/mol. The van der Waals surface area contributed by atoms with Crippen LogP contribution in [0.4, 0.5) is 0 Å². The molecule has 1 aromatic carbocycles. The topological polar surface area (TPSA) is 52.1 Å². The number of aryl methyl sites for hydroxylation is 1. The van der Waals surface area contributed by atoms with Crippen molar-refractivity contribution in [1.82, 2.24) is 20.4 Å². The van der Waals surface area contributed by atoms with E-state index in [1.807, 2.05) is 7.05 Å². The van der Waals surface area contributed by atoms with Crippen LogP contribution in [0.5, 0.6) is 5.75 Å². The van der Waals surface area contributed by atoms with E-state index in [4.69, 9.17) is 4.74 Å². The summed E-state index contributed by atoms with van der Waals surface area (Å²) in [5.74, 6) is 2.43. The predicted molar refractivity (Wildman–Crippen MR) is 127 cm³/mol. The molecule has 1 aliphatic rings. The van der Waals surface area contributed by atoms with Gasteiger partial charge in [0.05, 0.1) is 6.10 Å². The first-order valence-electron chi connectivity index (χ1n) is 11.5. The van der Waals surface area contributed by atoms with Gasteiger partial charge in [-0.05, 0) is 64.4 Å². The molecule has 1 aliphatic heterocycles. The van der Waals surface area contributed by atoms with Gasteiger partial charge in [-0.25, -0.2) is 0 Å². The summed E-state index contributed by atoms with van der Waals surface area (Å²) in [6.07, 6.45) is 2.50. The van der Waals surface area contributed by atoms with Crippen LogP contribution in [0, 0.1) is 12.8 Å². The van der Waals surface area contributed by atoms with Crippen LogP contribution in [0.1, 0.15) is 44.7 Å². The van der Waals surface area contributed by atoms with Crippen molar-refractivity contribution in [2.45, 2.75) is 53.2 Å². The molecule has 170 valence electrons. The molecule has 0 radical (unpaired) electrons. The Morgan fingerprint density at radius 2 is 1.93 bits per heavy atom. The molecule has 1 unspecified atom stereocenters. The van der Waals surface area contributed by atoms with Gasteiger partial charge in [0.25, 0.3) is 0 Å². The third kappa shape index (κ3) is 8.92. The molecule has 2 N–H and O–H groups in total. The summed E-state index contributed by atoms with van der Waals surface area (Å²) >= 11 is 0. The van der Waals surface area contributed by atoms with Gasteiger partial charge >= 0.3 is 0 Å². The van der Waals surface area contributed by atoms with Gasteiger partial charge in [0.1, 0.15) is 5.75 Å². The highest BCUT2D eigenvalue weighted by Crippen LogP contribution is 2.23. The number of ether oxygens (including phenoxy) is 1. The summed E-state index contributed by atoms with van der Waals surface area (Å²) in [5, 5.41) is 6.91. The number of nitrogens with zero attached hydrogens (tertiary/aromatic N) is 3. The van der Waals surface area contributed by atoms with Crippen LogP contribution in [-0.2, 0) is 6.54 Å². The van der Waals surface area contributed by atoms with E-state index in [9.17, 15) is 0 Å². The van der Waals surface area contributed by atoms with Crippen LogP contribution in [-0.4, -0.2) is 75.2 Å². The fourth-order valence-electron chi connectivity index (χ4n) is 3.90. The number of nitrogens with one attached hydrogen (secondary N) is 2. The molecule has 0 bridgehead atoms. The third-order valence-corrected chi connectivity index (χ3v) is 5.56. The molecule has 2 rings (SSSR count). The van der Waals surface area contributed by atoms with Gasteiger partial charge in [-0.3, -0.25) is 4.99 Å². The molecule has 0 aromatic heterocycles. The fourth-order valence-corrected chi connectivity index (χ4v) is 3.90. The number of hydrogen-bond donors (Lipinski definition) is 2. The average Bonchev–Trinajstić information content (AvgIpc) is 2.89. The molecule has 6 nitrogen and oxygen atoms in total. The molecular formula is C24H43N5O. The van der Waals surface area contributed by atoms with E-state index < -0.39 is 0 Å². The molecule has 1 fully saturated rings. The van der Waals surface area contributed by atoms with E-state index >= 15 is 0 Å². The lowest BCUT2D eigenvalue weighted by Gasteiger charge is -2.22. The summed E-state index contributed by atoms with van der Waals surface area (Å²) < 4.78 is 6.27. The minimum Gasteiger partial charge on any atom is -0.490 e. The second-order valence-electron chi connectivity index (χ2n) is 9.02. The third-order valence-electron chi connectivity index (χ3n) is 5.56. The SMILES string of the molecule is CN=C(NCCN1CCCN(C)CC1)NCc1ccc(C)cc1OC(C)CC(C)C. The van der Waals surface area contributed by atoms with Crippen LogP contribution in [0.15, 0.2) is 23.2 Å². The van der Waals surface area contributed by atoms with Crippen molar-refractivity contribution >= 4 is 5.96 Å². The number of rotatable bonds is 9. The standard InChI is InChI=1S/C24H43N5O/c1-19(2)16-21(4)30-23-17-20(3)8-9-22(23)18-27-24(25-5)26-10-13-29-12-7-11-28(6)14-15-29/h8-9,17,19,21H,7,10-16,18H2,1-6H3,(H2,25,26,27). The first-order valence-corrected chi connectivity index (χ1v) is 11.5. The summed E-state index contributed by atoms with van der Waals surface area (Å²) in [6.45, 7) is 16.0. The lowest BCUT2D eigenvalue weighted by Crippen LogP contribution is -2.42. The predicted octanol–water partition coefficient (Wildman–Crippen LogP) is 3.11. The molecular weight excluding hydrogens is 374 g/mol.